The molecule has 0 bridgehead atoms. The lowest BCUT2D eigenvalue weighted by Gasteiger charge is -2.25. The summed E-state index contributed by atoms with van der Waals surface area (Å²) in [5, 5.41) is 12.1. The number of rotatable bonds is 7. The summed E-state index contributed by atoms with van der Waals surface area (Å²) < 4.78 is 5.57. The Bertz CT molecular complexity index is 446. The van der Waals surface area contributed by atoms with E-state index in [0.29, 0.717) is 13.0 Å². The fraction of sp³-hybridized carbons (Fsp3) is 0.588. The van der Waals surface area contributed by atoms with E-state index in [-0.39, 0.29) is 24.8 Å². The van der Waals surface area contributed by atoms with Gasteiger partial charge in [-0.1, -0.05) is 30.3 Å². The summed E-state index contributed by atoms with van der Waals surface area (Å²) in [5.41, 5.74) is 1.06. The Hall–Kier alpha value is -1.59. The van der Waals surface area contributed by atoms with Gasteiger partial charge in [-0.25, -0.2) is 4.79 Å². The van der Waals surface area contributed by atoms with Crippen LogP contribution in [0.1, 0.15) is 37.3 Å². The Morgan fingerprint density at radius 2 is 2.23 bits per heavy atom. The minimum Gasteiger partial charge on any atom is -0.396 e. The topological polar surface area (TPSA) is 61.8 Å². The highest BCUT2D eigenvalue weighted by atomic mass is 16.5. The van der Waals surface area contributed by atoms with Gasteiger partial charge in [0.05, 0.1) is 12.1 Å². The summed E-state index contributed by atoms with van der Waals surface area (Å²) in [6.45, 7) is 1.54. The van der Waals surface area contributed by atoms with Gasteiger partial charge in [0.25, 0.3) is 0 Å². The number of carbonyl (C=O) groups excluding carboxylic acids is 1. The molecular formula is C17H26N2O3. The van der Waals surface area contributed by atoms with Crippen molar-refractivity contribution in [1.29, 1.82) is 0 Å². The third-order valence-corrected chi connectivity index (χ3v) is 4.00. The van der Waals surface area contributed by atoms with E-state index >= 15 is 0 Å². The molecule has 0 aliphatic carbocycles. The highest BCUT2D eigenvalue weighted by molar-refractivity contribution is 5.74. The van der Waals surface area contributed by atoms with Crippen molar-refractivity contribution in [2.75, 3.05) is 26.8 Å². The monoisotopic (exact) mass is 306 g/mol. The van der Waals surface area contributed by atoms with Crippen molar-refractivity contribution >= 4 is 6.03 Å². The molecule has 1 aromatic rings. The SMILES string of the molecule is CN(CC1CCCO1)C(=O)NC(CCCO)c1ccccc1. The van der Waals surface area contributed by atoms with Gasteiger partial charge in [0.15, 0.2) is 0 Å². The van der Waals surface area contributed by atoms with Crippen LogP contribution < -0.4 is 5.32 Å². The second-order valence-electron chi connectivity index (χ2n) is 5.79. The lowest BCUT2D eigenvalue weighted by atomic mass is 10.0. The molecule has 2 N–H and O–H groups in total. The number of hydrogen-bond donors (Lipinski definition) is 2. The van der Waals surface area contributed by atoms with E-state index in [1.165, 1.54) is 0 Å². The molecular weight excluding hydrogens is 280 g/mol. The molecule has 2 unspecified atom stereocenters. The van der Waals surface area contributed by atoms with Crippen molar-refractivity contribution in [1.82, 2.24) is 10.2 Å². The second kappa shape index (κ2) is 8.76. The maximum absolute atomic E-state index is 12.4. The highest BCUT2D eigenvalue weighted by Gasteiger charge is 2.22. The Morgan fingerprint density at radius 3 is 2.86 bits per heavy atom. The number of benzene rings is 1. The largest absolute Gasteiger partial charge is 0.396 e. The van der Waals surface area contributed by atoms with E-state index < -0.39 is 0 Å². The Morgan fingerprint density at radius 1 is 1.45 bits per heavy atom. The summed E-state index contributed by atoms with van der Waals surface area (Å²) in [6, 6.07) is 9.71. The zero-order chi connectivity index (χ0) is 15.8. The Balaban J connectivity index is 1.91. The fourth-order valence-electron chi connectivity index (χ4n) is 2.74. The molecule has 1 aliphatic heterocycles. The van der Waals surface area contributed by atoms with Crippen molar-refractivity contribution in [2.24, 2.45) is 0 Å². The van der Waals surface area contributed by atoms with Gasteiger partial charge < -0.3 is 20.1 Å². The van der Waals surface area contributed by atoms with Crippen LogP contribution in [0.5, 0.6) is 0 Å². The maximum Gasteiger partial charge on any atom is 0.317 e. The number of likely N-dealkylation sites (N-methyl/N-ethyl adjacent to an activating group) is 1. The van der Waals surface area contributed by atoms with Gasteiger partial charge in [-0.05, 0) is 31.2 Å². The van der Waals surface area contributed by atoms with E-state index in [1.54, 1.807) is 11.9 Å². The molecule has 1 heterocycles. The van der Waals surface area contributed by atoms with Gasteiger partial charge in [0.1, 0.15) is 0 Å². The van der Waals surface area contributed by atoms with E-state index in [0.717, 1.165) is 31.4 Å². The fourth-order valence-corrected chi connectivity index (χ4v) is 2.74. The molecule has 5 heteroatoms. The molecule has 2 atom stereocenters. The number of urea groups is 1. The van der Waals surface area contributed by atoms with Crippen LogP contribution in [0.25, 0.3) is 0 Å². The number of nitrogens with zero attached hydrogens (tertiary/aromatic N) is 1. The number of aliphatic hydroxyl groups is 1. The van der Waals surface area contributed by atoms with Crippen molar-refractivity contribution in [2.45, 2.75) is 37.8 Å². The van der Waals surface area contributed by atoms with Gasteiger partial charge in [0.2, 0.25) is 0 Å². The molecule has 2 amide bonds. The average molecular weight is 306 g/mol. The highest BCUT2D eigenvalue weighted by Crippen LogP contribution is 2.19. The van der Waals surface area contributed by atoms with Gasteiger partial charge in [0, 0.05) is 26.8 Å². The second-order valence-corrected chi connectivity index (χ2v) is 5.79. The van der Waals surface area contributed by atoms with Crippen LogP contribution in [0.15, 0.2) is 30.3 Å². The minimum absolute atomic E-state index is 0.0761. The molecule has 1 aromatic carbocycles. The van der Waals surface area contributed by atoms with Gasteiger partial charge in [-0.2, -0.15) is 0 Å². The predicted molar refractivity (Wildman–Crippen MR) is 85.6 cm³/mol. The first kappa shape index (κ1) is 16.8. The number of amides is 2. The van der Waals surface area contributed by atoms with Crippen LogP contribution in [0, 0.1) is 0 Å². The zero-order valence-corrected chi connectivity index (χ0v) is 13.2. The number of nitrogens with one attached hydrogen (secondary N) is 1. The van der Waals surface area contributed by atoms with E-state index in [1.807, 2.05) is 30.3 Å². The van der Waals surface area contributed by atoms with Crippen molar-refractivity contribution in [3.8, 4) is 0 Å². The summed E-state index contributed by atoms with van der Waals surface area (Å²) in [7, 11) is 1.80. The Kier molecular flexibility index (Phi) is 6.68. The van der Waals surface area contributed by atoms with Crippen LogP contribution in [0.2, 0.25) is 0 Å². The number of aliphatic hydroxyl groups excluding tert-OH is 1. The number of hydrogen-bond acceptors (Lipinski definition) is 3. The first-order chi connectivity index (χ1) is 10.7. The standard InChI is InChI=1S/C17H26N2O3/c1-19(13-15-9-6-12-22-15)17(21)18-16(10-5-11-20)14-7-3-2-4-8-14/h2-4,7-8,15-16,20H,5-6,9-13H2,1H3,(H,18,21). The predicted octanol–water partition coefficient (Wildman–Crippen LogP) is 2.32. The molecule has 0 radical (unpaired) electrons. The third-order valence-electron chi connectivity index (χ3n) is 4.00. The van der Waals surface area contributed by atoms with E-state index in [2.05, 4.69) is 5.32 Å². The van der Waals surface area contributed by atoms with Crippen molar-refractivity contribution in [3.63, 3.8) is 0 Å². The van der Waals surface area contributed by atoms with Crippen molar-refractivity contribution in [3.05, 3.63) is 35.9 Å². The number of ether oxygens (including phenoxy) is 1. The molecule has 2 rings (SSSR count). The zero-order valence-electron chi connectivity index (χ0n) is 13.2. The molecule has 22 heavy (non-hydrogen) atoms. The van der Waals surface area contributed by atoms with Gasteiger partial charge in [-0.15, -0.1) is 0 Å². The molecule has 5 nitrogen and oxygen atoms in total. The third kappa shape index (κ3) is 5.00. The lowest BCUT2D eigenvalue weighted by Crippen LogP contribution is -2.42. The lowest BCUT2D eigenvalue weighted by molar-refractivity contribution is 0.0869. The Labute approximate surface area is 132 Å². The smallest absolute Gasteiger partial charge is 0.317 e. The summed E-state index contributed by atoms with van der Waals surface area (Å²) in [6.07, 6.45) is 3.63. The first-order valence-electron chi connectivity index (χ1n) is 7.99. The normalized spacial score (nSPS) is 18.9. The molecule has 0 saturated carbocycles. The van der Waals surface area contributed by atoms with Crippen LogP contribution >= 0.6 is 0 Å². The van der Waals surface area contributed by atoms with Crippen LogP contribution in [0.3, 0.4) is 0 Å². The molecule has 1 aliphatic rings. The maximum atomic E-state index is 12.4. The van der Waals surface area contributed by atoms with E-state index in [9.17, 15) is 4.79 Å². The summed E-state index contributed by atoms with van der Waals surface area (Å²) in [4.78, 5) is 14.1. The van der Waals surface area contributed by atoms with E-state index in [4.69, 9.17) is 9.84 Å². The molecule has 0 aromatic heterocycles. The van der Waals surface area contributed by atoms with Crippen LogP contribution in [0.4, 0.5) is 4.79 Å². The van der Waals surface area contributed by atoms with Crippen molar-refractivity contribution < 1.29 is 14.6 Å². The molecule has 0 spiro atoms. The average Bonchev–Trinajstić information content (AvgIpc) is 3.05. The summed E-state index contributed by atoms with van der Waals surface area (Å²) >= 11 is 0. The molecule has 1 fully saturated rings. The quantitative estimate of drug-likeness (QED) is 0.812. The minimum atomic E-state index is -0.0951. The molecule has 1 saturated heterocycles. The molecule has 122 valence electrons. The first-order valence-corrected chi connectivity index (χ1v) is 7.99. The summed E-state index contributed by atoms with van der Waals surface area (Å²) in [5.74, 6) is 0. The van der Waals surface area contributed by atoms with Crippen LogP contribution in [-0.4, -0.2) is 48.9 Å². The van der Waals surface area contributed by atoms with Gasteiger partial charge >= 0.3 is 6.03 Å². The number of carbonyl (C=O) groups is 1. The van der Waals surface area contributed by atoms with Crippen LogP contribution in [-0.2, 0) is 4.74 Å². The van der Waals surface area contributed by atoms with Gasteiger partial charge in [-0.3, -0.25) is 0 Å².